The molecule has 0 radical (unpaired) electrons. The zero-order valence-electron chi connectivity index (χ0n) is 13.9. The second-order valence-corrected chi connectivity index (χ2v) is 7.81. The Labute approximate surface area is 147 Å². The number of nitrogens with one attached hydrogen (secondary N) is 2. The van der Waals surface area contributed by atoms with Gasteiger partial charge >= 0.3 is 0 Å². The molecule has 0 aromatic heterocycles. The van der Waals surface area contributed by atoms with Crippen LogP contribution in [0.25, 0.3) is 0 Å². The van der Waals surface area contributed by atoms with Gasteiger partial charge in [0.15, 0.2) is 0 Å². The van der Waals surface area contributed by atoms with Gasteiger partial charge in [0.2, 0.25) is 15.9 Å². The Morgan fingerprint density at radius 2 is 1.80 bits per heavy atom. The number of rotatable bonds is 4. The van der Waals surface area contributed by atoms with Crippen LogP contribution in [0.15, 0.2) is 53.4 Å². The summed E-state index contributed by atoms with van der Waals surface area (Å²) in [7, 11) is -3.71. The van der Waals surface area contributed by atoms with Crippen LogP contribution in [0.3, 0.4) is 0 Å². The largest absolute Gasteiger partial charge is 0.348 e. The highest BCUT2D eigenvalue weighted by Gasteiger charge is 2.25. The Hall–Kier alpha value is -2.22. The molecule has 25 heavy (non-hydrogen) atoms. The number of benzene rings is 2. The van der Waals surface area contributed by atoms with Gasteiger partial charge in [0, 0.05) is 6.54 Å². The molecule has 1 aliphatic heterocycles. The van der Waals surface area contributed by atoms with Crippen LogP contribution in [0.2, 0.25) is 0 Å². The first-order chi connectivity index (χ1) is 11.8. The standard InChI is InChI=1S/C18H21N3O3S/c1-12(13-6-8-16(9-7-13)25(19,23)24)21-18(22)17-10-14-4-2-3-5-15(14)11-20-17/h2-9,12,17,20H,10-11H2,1H3,(H,21,22)(H2,19,23,24). The first-order valence-corrected chi connectivity index (χ1v) is 9.62. The highest BCUT2D eigenvalue weighted by molar-refractivity contribution is 7.89. The molecule has 0 saturated heterocycles. The number of sulfonamides is 1. The van der Waals surface area contributed by atoms with Crippen molar-refractivity contribution in [2.24, 2.45) is 5.14 Å². The van der Waals surface area contributed by atoms with Gasteiger partial charge in [0.05, 0.1) is 17.0 Å². The summed E-state index contributed by atoms with van der Waals surface area (Å²) in [5.41, 5.74) is 3.22. The van der Waals surface area contributed by atoms with Crippen LogP contribution in [0, 0.1) is 0 Å². The minimum Gasteiger partial charge on any atom is -0.348 e. The quantitative estimate of drug-likeness (QED) is 0.764. The molecule has 2 unspecified atom stereocenters. The maximum Gasteiger partial charge on any atom is 0.238 e. The first-order valence-electron chi connectivity index (χ1n) is 8.08. The summed E-state index contributed by atoms with van der Waals surface area (Å²) in [6.45, 7) is 2.53. The fourth-order valence-corrected chi connectivity index (χ4v) is 3.50. The molecule has 0 fully saturated rings. The minimum atomic E-state index is -3.71. The second-order valence-electron chi connectivity index (χ2n) is 6.25. The van der Waals surface area contributed by atoms with Crippen molar-refractivity contribution in [2.75, 3.05) is 0 Å². The van der Waals surface area contributed by atoms with Crippen LogP contribution in [-0.2, 0) is 27.8 Å². The molecule has 0 saturated carbocycles. The number of hydrogen-bond donors (Lipinski definition) is 3. The molecule has 2 atom stereocenters. The van der Waals surface area contributed by atoms with E-state index in [1.165, 1.54) is 23.3 Å². The van der Waals surface area contributed by atoms with E-state index in [-0.39, 0.29) is 22.9 Å². The SMILES string of the molecule is CC(NC(=O)C1Cc2ccccc2CN1)c1ccc(S(N)(=O)=O)cc1. The average molecular weight is 359 g/mol. The van der Waals surface area contributed by atoms with Crippen molar-refractivity contribution in [2.45, 2.75) is 36.9 Å². The van der Waals surface area contributed by atoms with E-state index in [2.05, 4.69) is 16.7 Å². The summed E-state index contributed by atoms with van der Waals surface area (Å²) < 4.78 is 22.6. The first kappa shape index (κ1) is 17.6. The van der Waals surface area contributed by atoms with E-state index in [1.54, 1.807) is 12.1 Å². The lowest BCUT2D eigenvalue weighted by Gasteiger charge is -2.26. The van der Waals surface area contributed by atoms with Crippen LogP contribution < -0.4 is 15.8 Å². The van der Waals surface area contributed by atoms with E-state index in [0.717, 1.165) is 5.56 Å². The maximum absolute atomic E-state index is 12.5. The Morgan fingerprint density at radius 3 is 2.44 bits per heavy atom. The summed E-state index contributed by atoms with van der Waals surface area (Å²) in [6.07, 6.45) is 0.652. The topological polar surface area (TPSA) is 101 Å². The number of carbonyl (C=O) groups excluding carboxylic acids is 1. The van der Waals surface area contributed by atoms with Crippen LogP contribution in [0.5, 0.6) is 0 Å². The van der Waals surface area contributed by atoms with E-state index in [9.17, 15) is 13.2 Å². The summed E-state index contributed by atoms with van der Waals surface area (Å²) >= 11 is 0. The lowest BCUT2D eigenvalue weighted by Crippen LogP contribution is -2.48. The van der Waals surface area contributed by atoms with E-state index in [4.69, 9.17) is 5.14 Å². The van der Waals surface area contributed by atoms with E-state index >= 15 is 0 Å². The zero-order chi connectivity index (χ0) is 18.0. The lowest BCUT2D eigenvalue weighted by molar-refractivity contribution is -0.124. The number of hydrogen-bond acceptors (Lipinski definition) is 4. The molecule has 1 amide bonds. The van der Waals surface area contributed by atoms with Crippen molar-refractivity contribution in [3.63, 3.8) is 0 Å². The minimum absolute atomic E-state index is 0.0559. The normalized spacial score (nSPS) is 18.2. The number of nitrogens with two attached hydrogens (primary N) is 1. The molecular formula is C18H21N3O3S. The zero-order valence-corrected chi connectivity index (χ0v) is 14.7. The fraction of sp³-hybridized carbons (Fsp3) is 0.278. The number of fused-ring (bicyclic) bond motifs is 1. The van der Waals surface area contributed by atoms with Crippen molar-refractivity contribution >= 4 is 15.9 Å². The van der Waals surface area contributed by atoms with Crippen molar-refractivity contribution in [1.82, 2.24) is 10.6 Å². The van der Waals surface area contributed by atoms with Gasteiger partial charge in [-0.25, -0.2) is 13.6 Å². The molecule has 0 bridgehead atoms. The summed E-state index contributed by atoms with van der Waals surface area (Å²) in [6, 6.07) is 13.8. The Balaban J connectivity index is 1.65. The molecule has 7 heteroatoms. The molecule has 0 spiro atoms. The van der Waals surface area contributed by atoms with E-state index in [0.29, 0.717) is 13.0 Å². The molecular weight excluding hydrogens is 338 g/mol. The monoisotopic (exact) mass is 359 g/mol. The van der Waals surface area contributed by atoms with Crippen molar-refractivity contribution in [3.05, 3.63) is 65.2 Å². The average Bonchev–Trinajstić information content (AvgIpc) is 2.60. The fourth-order valence-electron chi connectivity index (χ4n) is 2.98. The third kappa shape index (κ3) is 4.07. The Kier molecular flexibility index (Phi) is 4.89. The molecule has 132 valence electrons. The third-order valence-corrected chi connectivity index (χ3v) is 5.39. The molecule has 2 aromatic rings. The predicted molar refractivity (Wildman–Crippen MR) is 95.1 cm³/mol. The third-order valence-electron chi connectivity index (χ3n) is 4.47. The molecule has 3 rings (SSSR count). The Bertz CT molecular complexity index is 879. The van der Waals surface area contributed by atoms with Crippen molar-refractivity contribution in [1.29, 1.82) is 0 Å². The Morgan fingerprint density at radius 1 is 1.16 bits per heavy atom. The number of amides is 1. The highest BCUT2D eigenvalue weighted by atomic mass is 32.2. The van der Waals surface area contributed by atoms with Gasteiger partial charge in [-0.15, -0.1) is 0 Å². The molecule has 1 heterocycles. The van der Waals surface area contributed by atoms with E-state index < -0.39 is 10.0 Å². The van der Waals surface area contributed by atoms with Gasteiger partial charge in [-0.05, 0) is 42.2 Å². The van der Waals surface area contributed by atoms with Gasteiger partial charge in [-0.1, -0.05) is 36.4 Å². The van der Waals surface area contributed by atoms with Crippen molar-refractivity contribution < 1.29 is 13.2 Å². The van der Waals surface area contributed by atoms with Gasteiger partial charge in [-0.2, -0.15) is 0 Å². The summed E-state index contributed by atoms with van der Waals surface area (Å²) in [4.78, 5) is 12.6. The molecule has 1 aliphatic rings. The smallest absolute Gasteiger partial charge is 0.238 e. The van der Waals surface area contributed by atoms with Crippen LogP contribution >= 0.6 is 0 Å². The lowest BCUT2D eigenvalue weighted by atomic mass is 9.95. The van der Waals surface area contributed by atoms with Crippen molar-refractivity contribution in [3.8, 4) is 0 Å². The van der Waals surface area contributed by atoms with Gasteiger partial charge in [0.25, 0.3) is 0 Å². The molecule has 2 aromatic carbocycles. The molecule has 6 nitrogen and oxygen atoms in total. The van der Waals surface area contributed by atoms with Gasteiger partial charge in [-0.3, -0.25) is 4.79 Å². The van der Waals surface area contributed by atoms with Gasteiger partial charge in [0.1, 0.15) is 0 Å². The number of carbonyl (C=O) groups is 1. The maximum atomic E-state index is 12.5. The second kappa shape index (κ2) is 6.95. The van der Waals surface area contributed by atoms with Gasteiger partial charge < -0.3 is 10.6 Å². The number of primary sulfonamides is 1. The summed E-state index contributed by atoms with van der Waals surface area (Å²) in [5, 5.41) is 11.3. The van der Waals surface area contributed by atoms with Crippen LogP contribution in [0.1, 0.15) is 29.7 Å². The van der Waals surface area contributed by atoms with Crippen LogP contribution in [0.4, 0.5) is 0 Å². The molecule has 4 N–H and O–H groups in total. The van der Waals surface area contributed by atoms with E-state index in [1.807, 2.05) is 25.1 Å². The highest BCUT2D eigenvalue weighted by Crippen LogP contribution is 2.18. The molecule has 0 aliphatic carbocycles. The van der Waals surface area contributed by atoms with Crippen LogP contribution in [-0.4, -0.2) is 20.4 Å². The summed E-state index contributed by atoms with van der Waals surface area (Å²) in [5.74, 6) is -0.0717. The predicted octanol–water partition coefficient (Wildman–Crippen LogP) is 1.23.